The van der Waals surface area contributed by atoms with Crippen molar-refractivity contribution in [2.75, 3.05) is 0 Å². The van der Waals surface area contributed by atoms with Gasteiger partial charge in [0.15, 0.2) is 7.14 Å². The van der Waals surface area contributed by atoms with Crippen molar-refractivity contribution in [3.8, 4) is 0 Å². The topological polar surface area (TPSA) is 30.0 Å². The smallest absolute Gasteiger partial charge is 0.165 e. The summed E-state index contributed by atoms with van der Waals surface area (Å²) >= 11 is 0. The Morgan fingerprint density at radius 3 is 2.06 bits per heavy atom. The Hall–Kier alpha value is -1.40. The van der Waals surface area contributed by atoms with Crippen LogP contribution >= 0.6 is 7.14 Å². The summed E-state index contributed by atoms with van der Waals surface area (Å²) in [6.07, 6.45) is 1.71. The van der Waals surface area contributed by atoms with Crippen LogP contribution in [0.4, 0.5) is 0 Å². The van der Waals surface area contributed by atoms with Crippen molar-refractivity contribution < 1.29 is 4.57 Å². The monoisotopic (exact) mass is 259 g/mol. The first kappa shape index (κ1) is 13.0. The molecule has 0 fully saturated rings. The zero-order valence-electron chi connectivity index (χ0n) is 11.0. The summed E-state index contributed by atoms with van der Waals surface area (Å²) in [7, 11) is -2.72. The van der Waals surface area contributed by atoms with Crippen LogP contribution in [0.2, 0.25) is 0 Å². The van der Waals surface area contributed by atoms with Gasteiger partial charge in [0.2, 0.25) is 0 Å². The van der Waals surface area contributed by atoms with E-state index in [1.165, 1.54) is 0 Å². The molecular weight excluding hydrogens is 241 g/mol. The van der Waals surface area contributed by atoms with Crippen molar-refractivity contribution in [1.29, 1.82) is 0 Å². The lowest BCUT2D eigenvalue weighted by Crippen LogP contribution is -2.31. The standard InChI is InChI=1S/C15H18NOP/c1-15(2,3)18(17,13-9-5-4-6-10-13)14-11-7-8-12-16-14/h4-12H,1-3H3/t18-/m0/s1. The predicted octanol–water partition coefficient (Wildman–Crippen LogP) is 3.19. The molecule has 0 aliphatic carbocycles. The Kier molecular flexibility index (Phi) is 3.41. The highest BCUT2D eigenvalue weighted by Gasteiger charge is 2.40. The van der Waals surface area contributed by atoms with E-state index in [2.05, 4.69) is 4.98 Å². The van der Waals surface area contributed by atoms with Crippen LogP contribution in [0.3, 0.4) is 0 Å². The predicted molar refractivity (Wildman–Crippen MR) is 77.3 cm³/mol. The molecule has 1 aromatic carbocycles. The van der Waals surface area contributed by atoms with Gasteiger partial charge >= 0.3 is 0 Å². The molecule has 0 bridgehead atoms. The zero-order valence-corrected chi connectivity index (χ0v) is 11.9. The Bertz CT molecular complexity index is 515. The Balaban J connectivity index is 2.68. The summed E-state index contributed by atoms with van der Waals surface area (Å²) in [5, 5.41) is 0.527. The summed E-state index contributed by atoms with van der Waals surface area (Å²) in [5.41, 5.74) is 0.684. The number of aromatic nitrogens is 1. The van der Waals surface area contributed by atoms with Crippen LogP contribution in [0, 0.1) is 0 Å². The van der Waals surface area contributed by atoms with Gasteiger partial charge in [-0.1, -0.05) is 57.2 Å². The molecule has 1 atom stereocenters. The van der Waals surface area contributed by atoms with Crippen molar-refractivity contribution in [3.05, 3.63) is 54.7 Å². The summed E-state index contributed by atoms with van der Waals surface area (Å²) < 4.78 is 13.6. The second kappa shape index (κ2) is 4.70. The normalized spacial score (nSPS) is 15.1. The fourth-order valence-corrected chi connectivity index (χ4v) is 4.88. The average molecular weight is 259 g/mol. The third-order valence-corrected chi connectivity index (χ3v) is 6.86. The lowest BCUT2D eigenvalue weighted by atomic mass is 10.3. The Morgan fingerprint density at radius 1 is 0.944 bits per heavy atom. The van der Waals surface area contributed by atoms with Crippen molar-refractivity contribution >= 4 is 17.9 Å². The van der Waals surface area contributed by atoms with E-state index in [1.807, 2.05) is 69.3 Å². The third kappa shape index (κ3) is 2.13. The van der Waals surface area contributed by atoms with E-state index in [9.17, 15) is 4.57 Å². The number of hydrogen-bond donors (Lipinski definition) is 0. The fraction of sp³-hybridized carbons (Fsp3) is 0.267. The molecular formula is C15H18NOP. The third-order valence-electron chi connectivity index (χ3n) is 3.04. The Morgan fingerprint density at radius 2 is 1.56 bits per heavy atom. The quantitative estimate of drug-likeness (QED) is 0.775. The van der Waals surface area contributed by atoms with Gasteiger partial charge in [0, 0.05) is 16.7 Å². The second-order valence-electron chi connectivity index (χ2n) is 5.30. The number of rotatable bonds is 2. The molecule has 0 unspecified atom stereocenters. The first-order valence-electron chi connectivity index (χ1n) is 6.03. The van der Waals surface area contributed by atoms with Crippen molar-refractivity contribution in [2.24, 2.45) is 0 Å². The molecule has 94 valence electrons. The minimum absolute atomic E-state index is 0.345. The minimum Gasteiger partial charge on any atom is -0.311 e. The van der Waals surface area contributed by atoms with E-state index in [1.54, 1.807) is 6.20 Å². The molecule has 0 aliphatic rings. The van der Waals surface area contributed by atoms with Crippen LogP contribution in [-0.4, -0.2) is 10.1 Å². The van der Waals surface area contributed by atoms with E-state index in [0.29, 0.717) is 5.44 Å². The SMILES string of the molecule is CC(C)(C)[P@](=O)(c1ccccc1)c1ccccn1. The van der Waals surface area contributed by atoms with E-state index in [4.69, 9.17) is 0 Å². The van der Waals surface area contributed by atoms with Crippen LogP contribution < -0.4 is 10.7 Å². The summed E-state index contributed by atoms with van der Waals surface area (Å²) in [6.45, 7) is 6.03. The zero-order chi connectivity index (χ0) is 13.2. The van der Waals surface area contributed by atoms with Gasteiger partial charge in [0.1, 0.15) is 5.44 Å². The lowest BCUT2D eigenvalue weighted by Gasteiger charge is -2.31. The molecule has 18 heavy (non-hydrogen) atoms. The maximum absolute atomic E-state index is 13.6. The molecule has 3 heteroatoms. The molecule has 0 amide bonds. The van der Waals surface area contributed by atoms with Crippen LogP contribution in [-0.2, 0) is 4.57 Å². The molecule has 0 saturated heterocycles. The highest BCUT2D eigenvalue weighted by molar-refractivity contribution is 7.79. The molecule has 0 radical (unpaired) electrons. The average Bonchev–Trinajstić information content (AvgIpc) is 2.38. The lowest BCUT2D eigenvalue weighted by molar-refractivity contribution is 0.563. The largest absolute Gasteiger partial charge is 0.311 e. The maximum Gasteiger partial charge on any atom is 0.165 e. The van der Waals surface area contributed by atoms with Crippen molar-refractivity contribution in [2.45, 2.75) is 25.9 Å². The molecule has 0 saturated carbocycles. The number of benzene rings is 1. The number of nitrogens with zero attached hydrogens (tertiary/aromatic N) is 1. The van der Waals surface area contributed by atoms with E-state index in [-0.39, 0.29) is 5.16 Å². The second-order valence-corrected chi connectivity index (χ2v) is 8.84. The fourth-order valence-electron chi connectivity index (χ4n) is 2.04. The van der Waals surface area contributed by atoms with Gasteiger partial charge in [-0.05, 0) is 12.1 Å². The maximum atomic E-state index is 13.6. The summed E-state index contributed by atoms with van der Waals surface area (Å²) in [4.78, 5) is 4.33. The minimum atomic E-state index is -2.72. The van der Waals surface area contributed by atoms with Crippen LogP contribution in [0.15, 0.2) is 54.7 Å². The molecule has 0 aliphatic heterocycles. The molecule has 2 rings (SSSR count). The van der Waals surface area contributed by atoms with E-state index < -0.39 is 7.14 Å². The first-order chi connectivity index (χ1) is 8.46. The van der Waals surface area contributed by atoms with Crippen molar-refractivity contribution in [3.63, 3.8) is 0 Å². The van der Waals surface area contributed by atoms with Gasteiger partial charge in [-0.3, -0.25) is 4.98 Å². The van der Waals surface area contributed by atoms with Crippen molar-refractivity contribution in [1.82, 2.24) is 4.98 Å². The van der Waals surface area contributed by atoms with E-state index >= 15 is 0 Å². The van der Waals surface area contributed by atoms with Gasteiger partial charge in [0.05, 0.1) is 0 Å². The van der Waals surface area contributed by atoms with Crippen LogP contribution in [0.5, 0.6) is 0 Å². The summed E-state index contributed by atoms with van der Waals surface area (Å²) in [6, 6.07) is 15.3. The highest BCUT2D eigenvalue weighted by atomic mass is 31.2. The highest BCUT2D eigenvalue weighted by Crippen LogP contribution is 2.54. The van der Waals surface area contributed by atoms with Crippen LogP contribution in [0.1, 0.15) is 20.8 Å². The molecule has 1 heterocycles. The first-order valence-corrected chi connectivity index (χ1v) is 7.74. The number of pyridine rings is 1. The molecule has 0 N–H and O–H groups in total. The van der Waals surface area contributed by atoms with Gasteiger partial charge in [0.25, 0.3) is 0 Å². The van der Waals surface area contributed by atoms with E-state index in [0.717, 1.165) is 5.30 Å². The van der Waals surface area contributed by atoms with Gasteiger partial charge in [-0.2, -0.15) is 0 Å². The molecule has 2 nitrogen and oxygen atoms in total. The van der Waals surface area contributed by atoms with Gasteiger partial charge < -0.3 is 4.57 Å². The Labute approximate surface area is 108 Å². The van der Waals surface area contributed by atoms with Gasteiger partial charge in [-0.15, -0.1) is 0 Å². The van der Waals surface area contributed by atoms with Crippen LogP contribution in [0.25, 0.3) is 0 Å². The summed E-state index contributed by atoms with van der Waals surface area (Å²) in [5.74, 6) is 0. The number of hydrogen-bond acceptors (Lipinski definition) is 2. The molecule has 1 aromatic heterocycles. The van der Waals surface area contributed by atoms with Gasteiger partial charge in [-0.25, -0.2) is 0 Å². The molecule has 0 spiro atoms. The molecule has 2 aromatic rings.